The minimum absolute atomic E-state index is 0. The summed E-state index contributed by atoms with van der Waals surface area (Å²) in [6, 6.07) is -0.511. The topological polar surface area (TPSA) is 184 Å². The second-order valence-electron chi connectivity index (χ2n) is 7.08. The average molecular weight is 786 g/mol. The third-order valence-electron chi connectivity index (χ3n) is 4.33. The molecular formula is C20H37Gd2N7O6-2. The van der Waals surface area contributed by atoms with Crippen LogP contribution in [0.15, 0.2) is 0 Å². The summed E-state index contributed by atoms with van der Waals surface area (Å²) in [6.07, 6.45) is 0.423. The van der Waals surface area contributed by atoms with Crippen LogP contribution < -0.4 is 32.3 Å². The number of hydrogen-bond acceptors (Lipinski definition) is 8. The molecule has 0 rings (SSSR count). The SMILES string of the molecule is [CH2-]C(=O)NCCN(CCNC([CH2-])=O)CC(=O)NCCOCCNC(=O)[C@H](CCC(N)=O)NC.[Gd].[Gd]. The zero-order valence-corrected chi connectivity index (χ0v) is 24.5. The number of carbonyl (C=O) groups excluding carboxylic acids is 5. The smallest absolute Gasteiger partial charge is 0.237 e. The summed E-state index contributed by atoms with van der Waals surface area (Å²) < 4.78 is 5.39. The van der Waals surface area contributed by atoms with Crippen LogP contribution in [0.3, 0.4) is 0 Å². The third-order valence-corrected chi connectivity index (χ3v) is 4.33. The van der Waals surface area contributed by atoms with Crippen molar-refractivity contribution >= 4 is 29.5 Å². The second-order valence-corrected chi connectivity index (χ2v) is 7.08. The van der Waals surface area contributed by atoms with Gasteiger partial charge in [0.25, 0.3) is 0 Å². The molecule has 0 aromatic heterocycles. The Morgan fingerprint density at radius 1 is 0.857 bits per heavy atom. The predicted octanol–water partition coefficient (Wildman–Crippen LogP) is -3.71. The molecule has 0 heterocycles. The van der Waals surface area contributed by atoms with Gasteiger partial charge in [0.1, 0.15) is 0 Å². The van der Waals surface area contributed by atoms with E-state index in [1.807, 2.05) is 0 Å². The van der Waals surface area contributed by atoms with E-state index < -0.39 is 23.8 Å². The standard InChI is InChI=1S/C20H37N7O6.2Gd/c1-15(28)23-6-10-27(11-7-24-16(2)29)14-19(31)25-8-12-33-13-9-26-20(32)17(22-3)4-5-18(21)30;;/h17,22H,1-2,4-14H2,3H3,(H2,21,30)(H,23,28)(H,24,29)(H,25,31)(H,26,32);;/q-2;;/t17-;;/m0../s1. The first-order valence-corrected chi connectivity index (χ1v) is 10.6. The van der Waals surface area contributed by atoms with Crippen molar-refractivity contribution in [3.63, 3.8) is 0 Å². The maximum Gasteiger partial charge on any atom is 0.237 e. The number of nitrogens with two attached hydrogens (primary N) is 1. The molecule has 13 nitrogen and oxygen atoms in total. The van der Waals surface area contributed by atoms with Gasteiger partial charge in [-0.05, 0) is 13.5 Å². The fourth-order valence-electron chi connectivity index (χ4n) is 2.66. The van der Waals surface area contributed by atoms with Crippen molar-refractivity contribution in [3.05, 3.63) is 13.8 Å². The van der Waals surface area contributed by atoms with Crippen molar-refractivity contribution in [1.82, 2.24) is 31.5 Å². The number of nitrogens with zero attached hydrogens (tertiary/aromatic N) is 1. The van der Waals surface area contributed by atoms with Gasteiger partial charge in [0, 0.05) is 126 Å². The first-order valence-electron chi connectivity index (χ1n) is 10.6. The van der Waals surface area contributed by atoms with Crippen LogP contribution in [0.1, 0.15) is 12.8 Å². The number of amides is 5. The third kappa shape index (κ3) is 25.1. The summed E-state index contributed by atoms with van der Waals surface area (Å²) >= 11 is 0. The molecule has 0 spiro atoms. The minimum Gasteiger partial charge on any atom is -0.380 e. The van der Waals surface area contributed by atoms with Crippen molar-refractivity contribution in [2.24, 2.45) is 5.73 Å². The normalized spacial score (nSPS) is 10.8. The molecule has 0 aromatic carbocycles. The summed E-state index contributed by atoms with van der Waals surface area (Å²) in [5.74, 6) is -1.77. The molecule has 0 unspecified atom stereocenters. The van der Waals surface area contributed by atoms with E-state index in [-0.39, 0.29) is 131 Å². The van der Waals surface area contributed by atoms with Gasteiger partial charge in [-0.1, -0.05) is 0 Å². The van der Waals surface area contributed by atoms with Gasteiger partial charge in [-0.25, -0.2) is 0 Å². The number of hydrogen-bond donors (Lipinski definition) is 6. The Kier molecular flexibility index (Phi) is 28.3. The van der Waals surface area contributed by atoms with Crippen molar-refractivity contribution in [2.75, 3.05) is 66.1 Å². The molecule has 0 aliphatic rings. The fraction of sp³-hybridized carbons (Fsp3) is 0.650. The van der Waals surface area contributed by atoms with E-state index in [4.69, 9.17) is 10.5 Å². The molecule has 0 fully saturated rings. The van der Waals surface area contributed by atoms with Crippen LogP contribution in [-0.2, 0) is 28.7 Å². The van der Waals surface area contributed by atoms with Crippen LogP contribution in [0.5, 0.6) is 0 Å². The van der Waals surface area contributed by atoms with Gasteiger partial charge in [-0.15, -0.1) is 0 Å². The van der Waals surface area contributed by atoms with E-state index >= 15 is 0 Å². The van der Waals surface area contributed by atoms with Gasteiger partial charge in [0.15, 0.2) is 0 Å². The molecule has 0 aromatic rings. The maximum absolute atomic E-state index is 12.1. The second kappa shape index (κ2) is 25.3. The Morgan fingerprint density at radius 2 is 1.37 bits per heavy atom. The minimum atomic E-state index is -0.511. The summed E-state index contributed by atoms with van der Waals surface area (Å²) in [7, 11) is 1.62. The van der Waals surface area contributed by atoms with E-state index in [0.29, 0.717) is 32.6 Å². The van der Waals surface area contributed by atoms with Crippen LogP contribution >= 0.6 is 0 Å². The van der Waals surface area contributed by atoms with E-state index in [1.54, 1.807) is 11.9 Å². The molecule has 7 N–H and O–H groups in total. The summed E-state index contributed by atoms with van der Waals surface area (Å²) in [4.78, 5) is 58.5. The van der Waals surface area contributed by atoms with E-state index in [0.717, 1.165) is 0 Å². The monoisotopic (exact) mass is 787 g/mol. The quantitative estimate of drug-likeness (QED) is 0.0572. The van der Waals surface area contributed by atoms with E-state index in [9.17, 15) is 24.0 Å². The van der Waals surface area contributed by atoms with Crippen molar-refractivity contribution in [3.8, 4) is 0 Å². The largest absolute Gasteiger partial charge is 0.380 e. The van der Waals surface area contributed by atoms with Crippen molar-refractivity contribution in [2.45, 2.75) is 18.9 Å². The molecular weight excluding hydrogens is 749 g/mol. The molecule has 5 amide bonds. The molecule has 1 atom stereocenters. The molecule has 206 valence electrons. The van der Waals surface area contributed by atoms with Crippen LogP contribution in [0.2, 0.25) is 0 Å². The number of carbonyl (C=O) groups is 5. The predicted molar refractivity (Wildman–Crippen MR) is 121 cm³/mol. The molecule has 0 saturated carbocycles. The van der Waals surface area contributed by atoms with Gasteiger partial charge in [-0.2, -0.15) is 0 Å². The van der Waals surface area contributed by atoms with Gasteiger partial charge >= 0.3 is 0 Å². The number of primary amides is 1. The Hall–Kier alpha value is -0.381. The first kappa shape index (κ1) is 39.1. The zero-order chi connectivity index (χ0) is 25.1. The Morgan fingerprint density at radius 3 is 1.83 bits per heavy atom. The van der Waals surface area contributed by atoms with Gasteiger partial charge in [-0.3, -0.25) is 19.3 Å². The van der Waals surface area contributed by atoms with Gasteiger partial charge in [0.05, 0.1) is 37.6 Å². The van der Waals surface area contributed by atoms with Crippen molar-refractivity contribution < 1.29 is 109 Å². The Balaban J connectivity index is -0.00000512. The van der Waals surface area contributed by atoms with E-state index in [1.165, 1.54) is 0 Å². The van der Waals surface area contributed by atoms with Crippen LogP contribution in [0, 0.1) is 93.7 Å². The first-order chi connectivity index (χ1) is 15.6. The molecule has 0 bridgehead atoms. The van der Waals surface area contributed by atoms with E-state index in [2.05, 4.69) is 40.4 Å². The molecule has 0 saturated heterocycles. The van der Waals surface area contributed by atoms with Crippen LogP contribution in [0.25, 0.3) is 0 Å². The molecule has 0 radical (unpaired) electrons. The molecule has 15 heteroatoms. The number of likely N-dealkylation sites (N-methyl/N-ethyl adjacent to an activating group) is 1. The molecule has 0 aliphatic heterocycles. The molecule has 35 heavy (non-hydrogen) atoms. The van der Waals surface area contributed by atoms with Gasteiger partial charge in [0.2, 0.25) is 17.7 Å². The van der Waals surface area contributed by atoms with Crippen LogP contribution in [0.4, 0.5) is 0 Å². The zero-order valence-electron chi connectivity index (χ0n) is 20.0. The summed E-state index contributed by atoms with van der Waals surface area (Å²) in [6.45, 7) is 9.05. The summed E-state index contributed by atoms with van der Waals surface area (Å²) in [5.41, 5.74) is 5.09. The summed E-state index contributed by atoms with van der Waals surface area (Å²) in [5, 5.41) is 13.3. The Bertz CT molecular complexity index is 623. The average Bonchev–Trinajstić information content (AvgIpc) is 2.72. The number of nitrogens with one attached hydrogen (secondary N) is 5. The Labute approximate surface area is 271 Å². The van der Waals surface area contributed by atoms with Gasteiger partial charge < -0.3 is 60.5 Å². The number of rotatable bonds is 19. The van der Waals surface area contributed by atoms with Crippen molar-refractivity contribution in [1.29, 1.82) is 0 Å². The molecule has 0 aliphatic carbocycles. The number of ether oxygens (including phenoxy) is 1. The fourth-order valence-corrected chi connectivity index (χ4v) is 2.66. The maximum atomic E-state index is 12.1. The van der Waals surface area contributed by atoms with Crippen LogP contribution in [-0.4, -0.2) is 107 Å².